The molecule has 0 radical (unpaired) electrons. The number of rotatable bonds is 18. The van der Waals surface area contributed by atoms with E-state index in [1.54, 1.807) is 31.0 Å². The van der Waals surface area contributed by atoms with Crippen LogP contribution in [0.15, 0.2) is 0 Å². The van der Waals surface area contributed by atoms with Crippen LogP contribution in [0.4, 0.5) is 0 Å². The SMILES string of the molecule is CCC(C)C(C(CC)OC)N(C)C(=O)C(NC(=O)C(C(C)C)N(C)CC(O)C(O)C(O)C(O)CN)C(C)C. The molecule has 11 nitrogen and oxygen atoms in total. The molecular weight excluding hydrogens is 492 g/mol. The van der Waals surface area contributed by atoms with Gasteiger partial charge < -0.3 is 41.1 Å². The predicted octanol–water partition coefficient (Wildman–Crippen LogP) is -0.216. The lowest BCUT2D eigenvalue weighted by atomic mass is 9.90. The molecule has 0 heterocycles. The number of likely N-dealkylation sites (N-methyl/N-ethyl adjacent to an activating group) is 2. The largest absolute Gasteiger partial charge is 0.389 e. The minimum Gasteiger partial charge on any atom is -0.389 e. The highest BCUT2D eigenvalue weighted by Crippen LogP contribution is 2.23. The van der Waals surface area contributed by atoms with Crippen molar-refractivity contribution in [3.8, 4) is 0 Å². The Labute approximate surface area is 229 Å². The fraction of sp³-hybridized carbons (Fsp3) is 0.926. The molecule has 0 aliphatic heterocycles. The predicted molar refractivity (Wildman–Crippen MR) is 148 cm³/mol. The minimum atomic E-state index is -1.66. The maximum absolute atomic E-state index is 13.7. The number of aliphatic hydroxyl groups excluding tert-OH is 4. The van der Waals surface area contributed by atoms with Crippen molar-refractivity contribution >= 4 is 11.8 Å². The molecule has 0 bridgehead atoms. The Kier molecular flexibility index (Phi) is 16.8. The summed E-state index contributed by atoms with van der Waals surface area (Å²) in [5, 5.41) is 43.4. The highest BCUT2D eigenvalue weighted by Gasteiger charge is 2.39. The van der Waals surface area contributed by atoms with Gasteiger partial charge in [-0.2, -0.15) is 0 Å². The molecule has 0 fully saturated rings. The normalized spacial score (nSPS) is 19.4. The zero-order valence-electron chi connectivity index (χ0n) is 25.2. The van der Waals surface area contributed by atoms with Gasteiger partial charge in [-0.15, -0.1) is 0 Å². The van der Waals surface area contributed by atoms with Crippen LogP contribution >= 0.6 is 0 Å². The first kappa shape index (κ1) is 36.7. The lowest BCUT2D eigenvalue weighted by Crippen LogP contribution is -2.60. The Morgan fingerprint density at radius 2 is 1.42 bits per heavy atom. The summed E-state index contributed by atoms with van der Waals surface area (Å²) in [4.78, 5) is 30.5. The number of nitrogens with one attached hydrogen (secondary N) is 1. The summed E-state index contributed by atoms with van der Waals surface area (Å²) in [6.07, 6.45) is -4.66. The van der Waals surface area contributed by atoms with Crippen LogP contribution in [0.25, 0.3) is 0 Å². The molecule has 7 N–H and O–H groups in total. The van der Waals surface area contributed by atoms with E-state index in [1.807, 2.05) is 34.6 Å². The average molecular weight is 549 g/mol. The number of nitrogens with two attached hydrogens (primary N) is 1. The van der Waals surface area contributed by atoms with Crippen molar-refractivity contribution in [3.63, 3.8) is 0 Å². The number of carbonyl (C=O) groups excluding carboxylic acids is 2. The van der Waals surface area contributed by atoms with Crippen LogP contribution < -0.4 is 11.1 Å². The molecule has 2 amide bonds. The number of aliphatic hydroxyl groups is 4. The van der Waals surface area contributed by atoms with Crippen LogP contribution in [0.2, 0.25) is 0 Å². The van der Waals surface area contributed by atoms with Crippen LogP contribution in [-0.2, 0) is 14.3 Å². The molecule has 38 heavy (non-hydrogen) atoms. The van der Waals surface area contributed by atoms with E-state index in [-0.39, 0.29) is 54.8 Å². The number of nitrogens with zero attached hydrogens (tertiary/aromatic N) is 2. The summed E-state index contributed by atoms with van der Waals surface area (Å²) < 4.78 is 5.70. The second-order valence-corrected chi connectivity index (χ2v) is 11.2. The van der Waals surface area contributed by atoms with Gasteiger partial charge in [0.05, 0.1) is 30.4 Å². The van der Waals surface area contributed by atoms with Crippen LogP contribution in [-0.4, -0.2) is 125 Å². The minimum absolute atomic E-state index is 0.141. The monoisotopic (exact) mass is 548 g/mol. The van der Waals surface area contributed by atoms with Crippen LogP contribution in [0.1, 0.15) is 61.3 Å². The van der Waals surface area contributed by atoms with Crippen LogP contribution in [0.5, 0.6) is 0 Å². The van der Waals surface area contributed by atoms with Gasteiger partial charge in [0, 0.05) is 27.2 Å². The zero-order valence-corrected chi connectivity index (χ0v) is 25.2. The van der Waals surface area contributed by atoms with E-state index in [9.17, 15) is 30.0 Å². The fourth-order valence-corrected chi connectivity index (χ4v) is 5.03. The Morgan fingerprint density at radius 1 is 0.895 bits per heavy atom. The summed E-state index contributed by atoms with van der Waals surface area (Å²) in [6, 6.07) is -1.67. The zero-order chi connectivity index (χ0) is 29.9. The molecule has 0 aliphatic carbocycles. The number of methoxy groups -OCH3 is 1. The van der Waals surface area contributed by atoms with Crippen LogP contribution in [0.3, 0.4) is 0 Å². The fourth-order valence-electron chi connectivity index (χ4n) is 5.03. The van der Waals surface area contributed by atoms with Crippen molar-refractivity contribution in [2.45, 2.75) is 110 Å². The van der Waals surface area contributed by atoms with E-state index in [0.29, 0.717) is 0 Å². The molecule has 0 aromatic rings. The summed E-state index contributed by atoms with van der Waals surface area (Å²) in [5.41, 5.74) is 5.33. The second-order valence-electron chi connectivity index (χ2n) is 11.2. The molecule has 0 saturated heterocycles. The van der Waals surface area contributed by atoms with Gasteiger partial charge in [-0.1, -0.05) is 54.9 Å². The van der Waals surface area contributed by atoms with E-state index in [4.69, 9.17) is 10.5 Å². The number of carbonyl (C=O) groups is 2. The first-order chi connectivity index (χ1) is 17.6. The van der Waals surface area contributed by atoms with Gasteiger partial charge in [0.25, 0.3) is 0 Å². The summed E-state index contributed by atoms with van der Waals surface area (Å²) in [6.45, 7) is 13.2. The average Bonchev–Trinajstić information content (AvgIpc) is 2.87. The quantitative estimate of drug-likeness (QED) is 0.136. The maximum atomic E-state index is 13.7. The van der Waals surface area contributed by atoms with E-state index < -0.39 is 36.5 Å². The molecule has 0 aliphatic rings. The number of ether oxygens (including phenoxy) is 1. The highest BCUT2D eigenvalue weighted by molar-refractivity contribution is 5.90. The second kappa shape index (κ2) is 17.4. The van der Waals surface area contributed by atoms with Crippen molar-refractivity contribution in [3.05, 3.63) is 0 Å². The van der Waals surface area contributed by atoms with E-state index >= 15 is 0 Å². The van der Waals surface area contributed by atoms with E-state index in [0.717, 1.165) is 12.8 Å². The molecular formula is C27H56N4O7. The molecule has 0 rings (SSSR count). The Hall–Kier alpha value is -1.34. The molecule has 11 heteroatoms. The highest BCUT2D eigenvalue weighted by atomic mass is 16.5. The van der Waals surface area contributed by atoms with Gasteiger partial charge in [-0.05, 0) is 31.2 Å². The van der Waals surface area contributed by atoms with Gasteiger partial charge >= 0.3 is 0 Å². The number of hydrogen-bond acceptors (Lipinski definition) is 9. The standard InChI is InChI=1S/C27H56N4O7/c1-11-17(7)23(20(12-2)38-10)31(9)27(37)21(15(3)4)29-26(36)22(16(5)6)30(8)14-19(33)25(35)24(34)18(32)13-28/h15-25,32-35H,11-14,28H2,1-10H3,(H,29,36). The topological polar surface area (TPSA) is 169 Å². The van der Waals surface area contributed by atoms with Crippen LogP contribution in [0, 0.1) is 17.8 Å². The maximum Gasteiger partial charge on any atom is 0.245 e. The molecule has 0 aromatic heterocycles. The third-order valence-corrected chi connectivity index (χ3v) is 7.57. The van der Waals surface area contributed by atoms with Gasteiger partial charge in [0.2, 0.25) is 11.8 Å². The van der Waals surface area contributed by atoms with Crippen molar-refractivity contribution in [2.24, 2.45) is 23.5 Å². The van der Waals surface area contributed by atoms with E-state index in [1.165, 1.54) is 0 Å². The summed E-state index contributed by atoms with van der Waals surface area (Å²) in [5.74, 6) is -0.782. The Bertz CT molecular complexity index is 692. The van der Waals surface area contributed by atoms with Crippen molar-refractivity contribution in [2.75, 3.05) is 34.3 Å². The number of hydrogen-bond donors (Lipinski definition) is 6. The van der Waals surface area contributed by atoms with Crippen molar-refractivity contribution in [1.82, 2.24) is 15.1 Å². The molecule has 226 valence electrons. The Morgan fingerprint density at radius 3 is 1.82 bits per heavy atom. The van der Waals surface area contributed by atoms with Gasteiger partial charge in [-0.3, -0.25) is 14.5 Å². The van der Waals surface area contributed by atoms with Gasteiger partial charge in [0.15, 0.2) is 0 Å². The summed E-state index contributed by atoms with van der Waals surface area (Å²) >= 11 is 0. The van der Waals surface area contributed by atoms with Gasteiger partial charge in [-0.25, -0.2) is 0 Å². The third-order valence-electron chi connectivity index (χ3n) is 7.57. The third kappa shape index (κ3) is 10.0. The molecule has 0 aromatic carbocycles. The van der Waals surface area contributed by atoms with Gasteiger partial charge in [0.1, 0.15) is 18.2 Å². The number of amides is 2. The summed E-state index contributed by atoms with van der Waals surface area (Å²) in [7, 11) is 5.02. The lowest BCUT2D eigenvalue weighted by molar-refractivity contribution is -0.144. The molecule has 0 spiro atoms. The van der Waals surface area contributed by atoms with Crippen molar-refractivity contribution < 1.29 is 34.8 Å². The molecule has 0 saturated carbocycles. The van der Waals surface area contributed by atoms with Crippen molar-refractivity contribution in [1.29, 1.82) is 0 Å². The molecule has 9 unspecified atom stereocenters. The van der Waals surface area contributed by atoms with E-state index in [2.05, 4.69) is 19.2 Å². The first-order valence-corrected chi connectivity index (χ1v) is 13.8. The first-order valence-electron chi connectivity index (χ1n) is 13.8. The smallest absolute Gasteiger partial charge is 0.245 e. The molecule has 9 atom stereocenters. The lowest BCUT2D eigenvalue weighted by Gasteiger charge is -2.40. The Balaban J connectivity index is 5.80.